The van der Waals surface area contributed by atoms with Gasteiger partial charge in [0.05, 0.1) is 18.6 Å². The number of ether oxygens (including phenoxy) is 1. The second-order valence-electron chi connectivity index (χ2n) is 5.21. The van der Waals surface area contributed by atoms with E-state index in [0.29, 0.717) is 22.8 Å². The molecule has 112 valence electrons. The van der Waals surface area contributed by atoms with Gasteiger partial charge in [-0.15, -0.1) is 0 Å². The fraction of sp³-hybridized carbons (Fsp3) is 0.571. The highest BCUT2D eigenvalue weighted by atomic mass is 35.5. The molecule has 1 N–H and O–H groups in total. The van der Waals surface area contributed by atoms with Crippen LogP contribution in [-0.2, 0) is 5.60 Å². The van der Waals surface area contributed by atoms with Crippen molar-refractivity contribution in [3.05, 3.63) is 28.8 Å². The molecule has 1 saturated carbocycles. The molecule has 0 spiro atoms. The van der Waals surface area contributed by atoms with Gasteiger partial charge in [-0.1, -0.05) is 11.6 Å². The largest absolute Gasteiger partial charge is 0.496 e. The molecule has 0 aromatic heterocycles. The fourth-order valence-corrected chi connectivity index (χ4v) is 2.99. The summed E-state index contributed by atoms with van der Waals surface area (Å²) >= 11 is 5.89. The van der Waals surface area contributed by atoms with Gasteiger partial charge < -0.3 is 9.84 Å². The number of aliphatic hydroxyl groups is 1. The Hall–Kier alpha value is -0.940. The SMILES string of the molecule is COc1ccc(Cl)cc1C1(O)CCCC(C(F)(F)F)C1. The van der Waals surface area contributed by atoms with Crippen molar-refractivity contribution in [2.24, 2.45) is 5.92 Å². The molecule has 2 atom stereocenters. The monoisotopic (exact) mass is 308 g/mol. The Morgan fingerprint density at radius 1 is 1.40 bits per heavy atom. The van der Waals surface area contributed by atoms with Crippen LogP contribution in [0.15, 0.2) is 18.2 Å². The first-order valence-electron chi connectivity index (χ1n) is 6.39. The summed E-state index contributed by atoms with van der Waals surface area (Å²) in [7, 11) is 1.42. The van der Waals surface area contributed by atoms with Crippen LogP contribution in [0.5, 0.6) is 5.75 Å². The minimum absolute atomic E-state index is 0.0503. The maximum Gasteiger partial charge on any atom is 0.391 e. The Balaban J connectivity index is 2.37. The molecule has 0 bridgehead atoms. The van der Waals surface area contributed by atoms with Crippen molar-refractivity contribution < 1.29 is 23.0 Å². The van der Waals surface area contributed by atoms with Crippen LogP contribution >= 0.6 is 11.6 Å². The Morgan fingerprint density at radius 3 is 2.70 bits per heavy atom. The molecule has 1 aliphatic rings. The quantitative estimate of drug-likeness (QED) is 0.883. The van der Waals surface area contributed by atoms with Crippen molar-refractivity contribution in [1.82, 2.24) is 0 Å². The molecule has 1 aliphatic carbocycles. The molecule has 1 fully saturated rings. The fourth-order valence-electron chi connectivity index (χ4n) is 2.82. The van der Waals surface area contributed by atoms with Crippen molar-refractivity contribution in [3.63, 3.8) is 0 Å². The van der Waals surface area contributed by atoms with Crippen LogP contribution < -0.4 is 4.74 Å². The summed E-state index contributed by atoms with van der Waals surface area (Å²) in [6.45, 7) is 0. The standard InChI is InChI=1S/C14H16ClF3O2/c1-20-12-5-4-10(15)7-11(12)13(19)6-2-3-9(8-13)14(16,17)18/h4-5,7,9,19H,2-3,6,8H2,1H3. The van der Waals surface area contributed by atoms with E-state index in [0.717, 1.165) is 0 Å². The van der Waals surface area contributed by atoms with E-state index in [1.54, 1.807) is 12.1 Å². The number of halogens is 4. The van der Waals surface area contributed by atoms with Gasteiger partial charge in [-0.05, 0) is 43.9 Å². The molecular weight excluding hydrogens is 293 g/mol. The molecule has 2 rings (SSSR count). The second-order valence-corrected chi connectivity index (χ2v) is 5.65. The predicted molar refractivity (Wildman–Crippen MR) is 69.9 cm³/mol. The van der Waals surface area contributed by atoms with Crippen molar-refractivity contribution in [2.45, 2.75) is 37.5 Å². The summed E-state index contributed by atoms with van der Waals surface area (Å²) in [5, 5.41) is 11.0. The first-order chi connectivity index (χ1) is 9.26. The second kappa shape index (κ2) is 5.45. The molecule has 2 unspecified atom stereocenters. The third kappa shape index (κ3) is 3.04. The molecule has 1 aromatic carbocycles. The minimum Gasteiger partial charge on any atom is -0.496 e. The zero-order chi connectivity index (χ0) is 15.0. The smallest absolute Gasteiger partial charge is 0.391 e. The van der Waals surface area contributed by atoms with E-state index in [9.17, 15) is 18.3 Å². The van der Waals surface area contributed by atoms with Gasteiger partial charge in [-0.2, -0.15) is 13.2 Å². The third-order valence-corrected chi connectivity index (χ3v) is 4.09. The molecule has 1 aromatic rings. The van der Waals surface area contributed by atoms with Crippen molar-refractivity contribution in [1.29, 1.82) is 0 Å². The van der Waals surface area contributed by atoms with Gasteiger partial charge in [0.15, 0.2) is 0 Å². The summed E-state index contributed by atoms with van der Waals surface area (Å²) in [5.74, 6) is -1.13. The van der Waals surface area contributed by atoms with Gasteiger partial charge in [0.1, 0.15) is 5.75 Å². The topological polar surface area (TPSA) is 29.5 Å². The highest BCUT2D eigenvalue weighted by molar-refractivity contribution is 6.30. The van der Waals surface area contributed by atoms with E-state index in [1.165, 1.54) is 13.2 Å². The average Bonchev–Trinajstić information content (AvgIpc) is 2.38. The maximum atomic E-state index is 12.9. The van der Waals surface area contributed by atoms with E-state index in [-0.39, 0.29) is 19.3 Å². The Kier molecular flexibility index (Phi) is 4.21. The normalized spacial score (nSPS) is 27.4. The highest BCUT2D eigenvalue weighted by Gasteiger charge is 2.48. The van der Waals surface area contributed by atoms with Crippen LogP contribution in [0.4, 0.5) is 13.2 Å². The van der Waals surface area contributed by atoms with Gasteiger partial charge in [0.2, 0.25) is 0 Å². The summed E-state index contributed by atoms with van der Waals surface area (Å²) in [4.78, 5) is 0. The Labute approximate surface area is 120 Å². The Morgan fingerprint density at radius 2 is 2.10 bits per heavy atom. The van der Waals surface area contributed by atoms with Crippen LogP contribution in [-0.4, -0.2) is 18.4 Å². The molecular formula is C14H16ClF3O2. The summed E-state index contributed by atoms with van der Waals surface area (Å²) in [6.07, 6.45) is -4.01. The van der Waals surface area contributed by atoms with E-state index in [1.807, 2.05) is 0 Å². The van der Waals surface area contributed by atoms with Crippen molar-refractivity contribution >= 4 is 11.6 Å². The first-order valence-corrected chi connectivity index (χ1v) is 6.77. The van der Waals surface area contributed by atoms with E-state index < -0.39 is 17.7 Å². The maximum absolute atomic E-state index is 12.9. The van der Waals surface area contributed by atoms with Gasteiger partial charge in [-0.3, -0.25) is 0 Å². The first kappa shape index (κ1) is 15.4. The molecule has 20 heavy (non-hydrogen) atoms. The summed E-state index contributed by atoms with van der Waals surface area (Å²) in [6, 6.07) is 4.63. The van der Waals surface area contributed by atoms with Crippen LogP contribution in [0.1, 0.15) is 31.2 Å². The molecule has 0 saturated heterocycles. The number of alkyl halides is 3. The minimum atomic E-state index is -4.29. The van der Waals surface area contributed by atoms with Crippen molar-refractivity contribution in [3.8, 4) is 5.75 Å². The predicted octanol–water partition coefficient (Wildman–Crippen LogP) is 4.29. The number of benzene rings is 1. The molecule has 0 aliphatic heterocycles. The lowest BCUT2D eigenvalue weighted by molar-refractivity contribution is -0.202. The molecule has 6 heteroatoms. The average molecular weight is 309 g/mol. The van der Waals surface area contributed by atoms with E-state index in [2.05, 4.69) is 0 Å². The van der Waals surface area contributed by atoms with E-state index >= 15 is 0 Å². The number of hydrogen-bond donors (Lipinski definition) is 1. The molecule has 0 amide bonds. The lowest BCUT2D eigenvalue weighted by Gasteiger charge is -2.38. The van der Waals surface area contributed by atoms with Crippen LogP contribution in [0.25, 0.3) is 0 Å². The number of rotatable bonds is 2. The highest BCUT2D eigenvalue weighted by Crippen LogP contribution is 2.48. The summed E-state index contributed by atoms with van der Waals surface area (Å²) in [5.41, 5.74) is -1.21. The Bertz CT molecular complexity index is 490. The lowest BCUT2D eigenvalue weighted by Crippen LogP contribution is -2.38. The van der Waals surface area contributed by atoms with Gasteiger partial charge >= 0.3 is 6.18 Å². The van der Waals surface area contributed by atoms with E-state index in [4.69, 9.17) is 16.3 Å². The molecule has 0 radical (unpaired) electrons. The van der Waals surface area contributed by atoms with Crippen LogP contribution in [0.2, 0.25) is 5.02 Å². The number of hydrogen-bond acceptors (Lipinski definition) is 2. The van der Waals surface area contributed by atoms with Gasteiger partial charge in [0, 0.05) is 10.6 Å². The lowest BCUT2D eigenvalue weighted by atomic mass is 9.74. The van der Waals surface area contributed by atoms with Crippen LogP contribution in [0.3, 0.4) is 0 Å². The summed E-state index contributed by atoms with van der Waals surface area (Å²) < 4.78 is 43.8. The third-order valence-electron chi connectivity index (χ3n) is 3.85. The zero-order valence-electron chi connectivity index (χ0n) is 11.0. The van der Waals surface area contributed by atoms with Gasteiger partial charge in [-0.25, -0.2) is 0 Å². The van der Waals surface area contributed by atoms with Crippen molar-refractivity contribution in [2.75, 3.05) is 7.11 Å². The van der Waals surface area contributed by atoms with Gasteiger partial charge in [0.25, 0.3) is 0 Å². The zero-order valence-corrected chi connectivity index (χ0v) is 11.8. The van der Waals surface area contributed by atoms with Crippen LogP contribution in [0, 0.1) is 5.92 Å². The molecule has 0 heterocycles. The number of methoxy groups -OCH3 is 1. The molecule has 2 nitrogen and oxygen atoms in total.